The molecule has 5 nitrogen and oxygen atoms in total. The van der Waals surface area contributed by atoms with Crippen molar-refractivity contribution in [1.29, 1.82) is 0 Å². The molecule has 3 rings (SSSR count). The van der Waals surface area contributed by atoms with Crippen LogP contribution in [0.15, 0.2) is 83.8 Å². The lowest BCUT2D eigenvalue weighted by Gasteiger charge is -2.27. The van der Waals surface area contributed by atoms with Gasteiger partial charge in [0.15, 0.2) is 11.1 Å². The Morgan fingerprint density at radius 1 is 0.889 bits per heavy atom. The van der Waals surface area contributed by atoms with E-state index in [1.807, 2.05) is 60.7 Å². The van der Waals surface area contributed by atoms with E-state index in [9.17, 15) is 13.6 Å². The van der Waals surface area contributed by atoms with E-state index in [4.69, 9.17) is 11.5 Å². The van der Waals surface area contributed by atoms with Crippen LogP contribution in [0.1, 0.15) is 39.0 Å². The SMILES string of the molecule is NC(=O)c1ccc(S(=O)O)c(C(c2ccccc2)C(N)c2ccccc2)c1. The van der Waals surface area contributed by atoms with Gasteiger partial charge in [0.1, 0.15) is 0 Å². The Bertz CT molecular complexity index is 962. The average Bonchev–Trinajstić information content (AvgIpc) is 2.69. The molecule has 0 saturated heterocycles. The van der Waals surface area contributed by atoms with Crippen LogP contribution in [0.4, 0.5) is 0 Å². The highest BCUT2D eigenvalue weighted by atomic mass is 32.2. The fourth-order valence-electron chi connectivity index (χ4n) is 3.21. The molecule has 3 unspecified atom stereocenters. The van der Waals surface area contributed by atoms with Crippen molar-refractivity contribution in [3.8, 4) is 0 Å². The Balaban J connectivity index is 2.23. The number of hydrogen-bond donors (Lipinski definition) is 3. The molecule has 0 fully saturated rings. The minimum absolute atomic E-state index is 0.209. The fourth-order valence-corrected chi connectivity index (χ4v) is 3.78. The number of primary amides is 1. The fraction of sp³-hybridized carbons (Fsp3) is 0.0952. The highest BCUT2D eigenvalue weighted by Gasteiger charge is 2.27. The van der Waals surface area contributed by atoms with Crippen molar-refractivity contribution in [3.63, 3.8) is 0 Å². The molecule has 3 aromatic carbocycles. The summed E-state index contributed by atoms with van der Waals surface area (Å²) in [5.74, 6) is -1.04. The standard InChI is InChI=1S/C21H20N2O3S/c22-20(15-9-5-2-6-10-15)19(14-7-3-1-4-8-14)17-13-16(21(23)24)11-12-18(17)27(25)26/h1-13,19-20H,22H2,(H2,23,24)(H,25,26). The molecule has 0 aliphatic rings. The van der Waals surface area contributed by atoms with Gasteiger partial charge in [-0.25, -0.2) is 4.21 Å². The number of benzene rings is 3. The summed E-state index contributed by atoms with van der Waals surface area (Å²) in [4.78, 5) is 11.9. The van der Waals surface area contributed by atoms with Crippen LogP contribution in [-0.4, -0.2) is 14.7 Å². The summed E-state index contributed by atoms with van der Waals surface area (Å²) in [6.45, 7) is 0. The van der Waals surface area contributed by atoms with Crippen LogP contribution in [0.3, 0.4) is 0 Å². The summed E-state index contributed by atoms with van der Waals surface area (Å²) in [5.41, 5.74) is 14.6. The van der Waals surface area contributed by atoms with Gasteiger partial charge in [0, 0.05) is 17.5 Å². The van der Waals surface area contributed by atoms with Gasteiger partial charge >= 0.3 is 0 Å². The molecule has 0 bridgehead atoms. The first kappa shape index (κ1) is 19.0. The Morgan fingerprint density at radius 3 is 1.96 bits per heavy atom. The predicted molar refractivity (Wildman–Crippen MR) is 106 cm³/mol. The topological polar surface area (TPSA) is 106 Å². The monoisotopic (exact) mass is 380 g/mol. The molecule has 6 heteroatoms. The van der Waals surface area contributed by atoms with E-state index < -0.39 is 28.9 Å². The average molecular weight is 380 g/mol. The van der Waals surface area contributed by atoms with Gasteiger partial charge in [0.05, 0.1) is 4.90 Å². The van der Waals surface area contributed by atoms with Crippen LogP contribution in [-0.2, 0) is 11.1 Å². The van der Waals surface area contributed by atoms with Crippen molar-refractivity contribution in [2.45, 2.75) is 16.9 Å². The Morgan fingerprint density at radius 2 is 1.44 bits per heavy atom. The second-order valence-electron chi connectivity index (χ2n) is 6.19. The summed E-state index contributed by atoms with van der Waals surface area (Å²) in [5, 5.41) is 0. The Kier molecular flexibility index (Phi) is 5.81. The van der Waals surface area contributed by atoms with Gasteiger partial charge < -0.3 is 16.0 Å². The molecular formula is C21H20N2O3S. The first-order valence-electron chi connectivity index (χ1n) is 8.39. The summed E-state index contributed by atoms with van der Waals surface area (Å²) in [7, 11) is 0. The highest BCUT2D eigenvalue weighted by Crippen LogP contribution is 2.38. The minimum Gasteiger partial charge on any atom is -0.366 e. The third kappa shape index (κ3) is 4.14. The van der Waals surface area contributed by atoms with Crippen molar-refractivity contribution in [2.75, 3.05) is 0 Å². The number of carbonyl (C=O) groups excluding carboxylic acids is 1. The van der Waals surface area contributed by atoms with Crippen molar-refractivity contribution in [2.24, 2.45) is 11.5 Å². The second-order valence-corrected chi connectivity index (χ2v) is 7.13. The summed E-state index contributed by atoms with van der Waals surface area (Å²) in [6.07, 6.45) is 0. The number of amides is 1. The van der Waals surface area contributed by atoms with Gasteiger partial charge in [0.25, 0.3) is 0 Å². The Hall–Kier alpha value is -2.80. The first-order valence-corrected chi connectivity index (χ1v) is 9.49. The van der Waals surface area contributed by atoms with Gasteiger partial charge in [0.2, 0.25) is 5.91 Å². The van der Waals surface area contributed by atoms with Crippen LogP contribution in [0, 0.1) is 0 Å². The van der Waals surface area contributed by atoms with Crippen molar-refractivity contribution in [1.82, 2.24) is 0 Å². The summed E-state index contributed by atoms with van der Waals surface area (Å²) >= 11 is -2.24. The lowest BCUT2D eigenvalue weighted by atomic mass is 9.81. The van der Waals surface area contributed by atoms with Crippen LogP contribution in [0.5, 0.6) is 0 Å². The van der Waals surface area contributed by atoms with Gasteiger partial charge in [-0.15, -0.1) is 0 Å². The van der Waals surface area contributed by atoms with Gasteiger partial charge in [-0.05, 0) is 34.9 Å². The zero-order chi connectivity index (χ0) is 19.4. The second kappa shape index (κ2) is 8.26. The smallest absolute Gasteiger partial charge is 0.248 e. The largest absolute Gasteiger partial charge is 0.366 e. The maximum Gasteiger partial charge on any atom is 0.248 e. The van der Waals surface area contributed by atoms with E-state index >= 15 is 0 Å². The van der Waals surface area contributed by atoms with Gasteiger partial charge in [-0.2, -0.15) is 0 Å². The molecule has 3 atom stereocenters. The highest BCUT2D eigenvalue weighted by molar-refractivity contribution is 7.79. The quantitative estimate of drug-likeness (QED) is 0.571. The van der Waals surface area contributed by atoms with Crippen LogP contribution in [0.25, 0.3) is 0 Å². The van der Waals surface area contributed by atoms with E-state index in [1.54, 1.807) is 6.07 Å². The number of nitrogens with two attached hydrogens (primary N) is 2. The lowest BCUT2D eigenvalue weighted by molar-refractivity contribution is 0.1000. The van der Waals surface area contributed by atoms with Crippen molar-refractivity contribution in [3.05, 3.63) is 101 Å². The summed E-state index contributed by atoms with van der Waals surface area (Å²) in [6, 6.07) is 23.0. The maximum absolute atomic E-state index is 12.0. The number of hydrogen-bond acceptors (Lipinski definition) is 3. The predicted octanol–water partition coefficient (Wildman–Crippen LogP) is 3.20. The third-order valence-corrected chi connectivity index (χ3v) is 5.27. The molecule has 0 saturated carbocycles. The zero-order valence-corrected chi connectivity index (χ0v) is 15.3. The molecular weight excluding hydrogens is 360 g/mol. The van der Waals surface area contributed by atoms with E-state index in [1.165, 1.54) is 12.1 Å². The molecule has 5 N–H and O–H groups in total. The molecule has 0 radical (unpaired) electrons. The maximum atomic E-state index is 12.0. The molecule has 0 spiro atoms. The minimum atomic E-state index is -2.24. The lowest BCUT2D eigenvalue weighted by Crippen LogP contribution is -2.23. The van der Waals surface area contributed by atoms with Gasteiger partial charge in [-0.3, -0.25) is 4.79 Å². The molecule has 0 aliphatic carbocycles. The van der Waals surface area contributed by atoms with Crippen molar-refractivity contribution < 1.29 is 13.6 Å². The zero-order valence-electron chi connectivity index (χ0n) is 14.5. The normalized spacial score (nSPS) is 14.3. The molecule has 0 aliphatic heterocycles. The van der Waals surface area contributed by atoms with Crippen LogP contribution >= 0.6 is 0 Å². The van der Waals surface area contributed by atoms with Crippen LogP contribution < -0.4 is 11.5 Å². The number of rotatable bonds is 6. The molecule has 27 heavy (non-hydrogen) atoms. The van der Waals surface area contributed by atoms with E-state index in [2.05, 4.69) is 0 Å². The van der Waals surface area contributed by atoms with Gasteiger partial charge in [-0.1, -0.05) is 60.7 Å². The van der Waals surface area contributed by atoms with Crippen molar-refractivity contribution >= 4 is 17.0 Å². The molecule has 0 heterocycles. The molecule has 1 amide bonds. The van der Waals surface area contributed by atoms with E-state index in [-0.39, 0.29) is 10.5 Å². The first-order chi connectivity index (χ1) is 13.0. The summed E-state index contributed by atoms with van der Waals surface area (Å²) < 4.78 is 21.7. The Labute approximate surface area is 160 Å². The third-order valence-electron chi connectivity index (χ3n) is 4.52. The van der Waals surface area contributed by atoms with E-state index in [0.717, 1.165) is 11.1 Å². The molecule has 0 aromatic heterocycles. The van der Waals surface area contributed by atoms with Crippen LogP contribution in [0.2, 0.25) is 0 Å². The molecule has 138 valence electrons. The van der Waals surface area contributed by atoms with E-state index in [0.29, 0.717) is 5.56 Å². The number of carbonyl (C=O) groups is 1. The molecule has 3 aromatic rings.